The number of piperazine rings is 1. The van der Waals surface area contributed by atoms with E-state index in [2.05, 4.69) is 16.3 Å². The third-order valence-electron chi connectivity index (χ3n) is 4.74. The molecule has 1 unspecified atom stereocenters. The second kappa shape index (κ2) is 10.7. The first kappa shape index (κ1) is 21.9. The summed E-state index contributed by atoms with van der Waals surface area (Å²) in [7, 11) is 0. The van der Waals surface area contributed by atoms with E-state index in [1.54, 1.807) is 0 Å². The average Bonchev–Trinajstić information content (AvgIpc) is 2.63. The second-order valence-electron chi connectivity index (χ2n) is 6.26. The number of amides is 1. The van der Waals surface area contributed by atoms with Crippen molar-refractivity contribution >= 4 is 36.4 Å². The van der Waals surface area contributed by atoms with Crippen LogP contribution in [0.15, 0.2) is 24.3 Å². The van der Waals surface area contributed by atoms with Crippen molar-refractivity contribution in [1.82, 2.24) is 10.2 Å². The van der Waals surface area contributed by atoms with E-state index in [1.165, 1.54) is 0 Å². The van der Waals surface area contributed by atoms with E-state index < -0.39 is 0 Å². The van der Waals surface area contributed by atoms with Gasteiger partial charge in [-0.25, -0.2) is 0 Å². The normalized spacial score (nSPS) is 20.3. The average molecular weight is 390 g/mol. The molecule has 1 N–H and O–H groups in total. The van der Waals surface area contributed by atoms with Crippen molar-refractivity contribution in [1.29, 1.82) is 0 Å². The second-order valence-corrected chi connectivity index (χ2v) is 6.26. The lowest BCUT2D eigenvalue weighted by atomic mass is 9.98. The van der Waals surface area contributed by atoms with Crippen molar-refractivity contribution in [2.24, 2.45) is 5.92 Å². The molecule has 25 heavy (non-hydrogen) atoms. The molecule has 7 heteroatoms. The maximum absolute atomic E-state index is 12.6. The fourth-order valence-corrected chi connectivity index (χ4v) is 3.48. The highest BCUT2D eigenvalue weighted by Crippen LogP contribution is 2.29. The van der Waals surface area contributed by atoms with Gasteiger partial charge in [0.1, 0.15) is 5.75 Å². The van der Waals surface area contributed by atoms with Gasteiger partial charge in [-0.2, -0.15) is 0 Å². The molecule has 142 valence electrons. The predicted molar refractivity (Wildman–Crippen MR) is 106 cm³/mol. The largest absolute Gasteiger partial charge is 0.492 e. The third kappa shape index (κ3) is 5.40. The molecule has 1 aromatic carbocycles. The quantitative estimate of drug-likeness (QED) is 0.859. The highest BCUT2D eigenvalue weighted by molar-refractivity contribution is 5.85. The van der Waals surface area contributed by atoms with Crippen LogP contribution in [-0.4, -0.2) is 56.7 Å². The lowest BCUT2D eigenvalue weighted by Crippen LogP contribution is -2.52. The van der Waals surface area contributed by atoms with Gasteiger partial charge in [0.25, 0.3) is 0 Å². The Morgan fingerprint density at radius 2 is 1.92 bits per heavy atom. The van der Waals surface area contributed by atoms with Gasteiger partial charge in [-0.05, 0) is 38.4 Å². The van der Waals surface area contributed by atoms with Crippen LogP contribution in [0.2, 0.25) is 0 Å². The number of benzene rings is 1. The minimum Gasteiger partial charge on any atom is -0.492 e. The summed E-state index contributed by atoms with van der Waals surface area (Å²) in [4.78, 5) is 17.0. The molecule has 5 nitrogen and oxygen atoms in total. The van der Waals surface area contributed by atoms with Gasteiger partial charge in [-0.15, -0.1) is 24.8 Å². The summed E-state index contributed by atoms with van der Waals surface area (Å²) in [5.41, 5.74) is 1.14. The van der Waals surface area contributed by atoms with Crippen LogP contribution in [0.1, 0.15) is 19.8 Å². The molecular formula is C18H29Cl2N3O2. The van der Waals surface area contributed by atoms with Gasteiger partial charge in [0.05, 0.1) is 18.2 Å². The molecular weight excluding hydrogens is 361 g/mol. The van der Waals surface area contributed by atoms with Crippen molar-refractivity contribution in [3.8, 4) is 5.75 Å². The van der Waals surface area contributed by atoms with Crippen LogP contribution < -0.4 is 15.0 Å². The SMILES string of the molecule is CCOc1ccccc1N1CCN(C(=O)C2CCCNC2)CC1.Cl.Cl. The minimum absolute atomic E-state index is 0. The van der Waals surface area contributed by atoms with Gasteiger partial charge in [0.15, 0.2) is 0 Å². The summed E-state index contributed by atoms with van der Waals surface area (Å²) >= 11 is 0. The van der Waals surface area contributed by atoms with Crippen LogP contribution in [0.4, 0.5) is 5.69 Å². The van der Waals surface area contributed by atoms with Crippen LogP contribution >= 0.6 is 24.8 Å². The number of hydrogen-bond donors (Lipinski definition) is 1. The molecule has 0 aromatic heterocycles. The Morgan fingerprint density at radius 3 is 2.56 bits per heavy atom. The zero-order chi connectivity index (χ0) is 16.1. The van der Waals surface area contributed by atoms with Crippen LogP contribution in [0.5, 0.6) is 5.75 Å². The number of halogens is 2. The van der Waals surface area contributed by atoms with Crippen molar-refractivity contribution in [2.45, 2.75) is 19.8 Å². The maximum Gasteiger partial charge on any atom is 0.227 e. The summed E-state index contributed by atoms with van der Waals surface area (Å²) < 4.78 is 5.73. The molecule has 0 saturated carbocycles. The monoisotopic (exact) mass is 389 g/mol. The van der Waals surface area contributed by atoms with Gasteiger partial charge < -0.3 is 19.9 Å². The predicted octanol–water partition coefficient (Wildman–Crippen LogP) is 2.58. The van der Waals surface area contributed by atoms with E-state index in [0.29, 0.717) is 12.5 Å². The van der Waals surface area contributed by atoms with Crippen molar-refractivity contribution < 1.29 is 9.53 Å². The zero-order valence-corrected chi connectivity index (χ0v) is 16.4. The molecule has 2 aliphatic rings. The van der Waals surface area contributed by atoms with Gasteiger partial charge in [-0.1, -0.05) is 12.1 Å². The molecule has 0 radical (unpaired) electrons. The van der Waals surface area contributed by atoms with E-state index in [9.17, 15) is 4.79 Å². The summed E-state index contributed by atoms with van der Waals surface area (Å²) in [6.45, 7) is 7.91. The van der Waals surface area contributed by atoms with E-state index in [4.69, 9.17) is 4.74 Å². The molecule has 2 aliphatic heterocycles. The fourth-order valence-electron chi connectivity index (χ4n) is 3.48. The summed E-state index contributed by atoms with van der Waals surface area (Å²) in [6, 6.07) is 8.17. The van der Waals surface area contributed by atoms with Crippen LogP contribution in [0.25, 0.3) is 0 Å². The molecule has 1 amide bonds. The standard InChI is InChI=1S/C18H27N3O2.2ClH/c1-2-23-17-8-4-3-7-16(17)20-10-12-21(13-11-20)18(22)15-6-5-9-19-14-15;;/h3-4,7-8,15,19H,2,5-6,9-14H2,1H3;2*1H. The first-order valence-corrected chi connectivity index (χ1v) is 8.76. The highest BCUT2D eigenvalue weighted by atomic mass is 35.5. The first-order valence-electron chi connectivity index (χ1n) is 8.76. The Kier molecular flexibility index (Phi) is 9.39. The van der Waals surface area contributed by atoms with E-state index >= 15 is 0 Å². The summed E-state index contributed by atoms with van der Waals surface area (Å²) in [5.74, 6) is 1.44. The topological polar surface area (TPSA) is 44.8 Å². The van der Waals surface area contributed by atoms with Crippen LogP contribution in [-0.2, 0) is 4.79 Å². The molecule has 0 bridgehead atoms. The number of anilines is 1. The molecule has 2 saturated heterocycles. The van der Waals surface area contributed by atoms with Crippen molar-refractivity contribution in [3.63, 3.8) is 0 Å². The number of rotatable bonds is 4. The smallest absolute Gasteiger partial charge is 0.227 e. The maximum atomic E-state index is 12.6. The fraction of sp³-hybridized carbons (Fsp3) is 0.611. The lowest BCUT2D eigenvalue weighted by molar-refractivity contribution is -0.136. The van der Waals surface area contributed by atoms with E-state index in [1.807, 2.05) is 30.0 Å². The number of ether oxygens (including phenoxy) is 1. The zero-order valence-electron chi connectivity index (χ0n) is 14.8. The van der Waals surface area contributed by atoms with Crippen LogP contribution in [0.3, 0.4) is 0 Å². The van der Waals surface area contributed by atoms with Crippen molar-refractivity contribution in [3.05, 3.63) is 24.3 Å². The van der Waals surface area contributed by atoms with E-state index in [-0.39, 0.29) is 30.7 Å². The van der Waals surface area contributed by atoms with Crippen LogP contribution in [0, 0.1) is 5.92 Å². The van der Waals surface area contributed by atoms with Gasteiger partial charge in [0.2, 0.25) is 5.91 Å². The number of nitrogens with zero attached hydrogens (tertiary/aromatic N) is 2. The Bertz CT molecular complexity index is 531. The third-order valence-corrected chi connectivity index (χ3v) is 4.74. The first-order chi connectivity index (χ1) is 11.3. The van der Waals surface area contributed by atoms with Gasteiger partial charge >= 0.3 is 0 Å². The molecule has 1 atom stereocenters. The van der Waals surface area contributed by atoms with E-state index in [0.717, 1.165) is 63.5 Å². The minimum atomic E-state index is 0. The molecule has 2 heterocycles. The molecule has 0 aliphatic carbocycles. The van der Waals surface area contributed by atoms with Gasteiger partial charge in [-0.3, -0.25) is 4.79 Å². The Labute approximate surface area is 162 Å². The number of hydrogen-bond acceptors (Lipinski definition) is 4. The van der Waals surface area contributed by atoms with Crippen molar-refractivity contribution in [2.75, 3.05) is 50.8 Å². The molecule has 0 spiro atoms. The summed E-state index contributed by atoms with van der Waals surface area (Å²) in [6.07, 6.45) is 2.14. The van der Waals surface area contributed by atoms with Gasteiger partial charge in [0, 0.05) is 32.7 Å². The Morgan fingerprint density at radius 1 is 1.20 bits per heavy atom. The number of carbonyl (C=O) groups excluding carboxylic acids is 1. The number of para-hydroxylation sites is 2. The molecule has 2 fully saturated rings. The number of piperidine rings is 1. The Hall–Kier alpha value is -1.17. The summed E-state index contributed by atoms with van der Waals surface area (Å²) in [5, 5.41) is 3.34. The highest BCUT2D eigenvalue weighted by Gasteiger charge is 2.28. The Balaban J connectivity index is 0.00000156. The number of carbonyl (C=O) groups is 1. The molecule has 3 rings (SSSR count). The number of nitrogens with one attached hydrogen (secondary N) is 1. The lowest BCUT2D eigenvalue weighted by Gasteiger charge is -2.38. The molecule has 1 aromatic rings.